The van der Waals surface area contributed by atoms with Gasteiger partial charge in [0, 0.05) is 18.7 Å². The van der Waals surface area contributed by atoms with Gasteiger partial charge in [-0.15, -0.1) is 0 Å². The highest BCUT2D eigenvalue weighted by Crippen LogP contribution is 1.94. The molecule has 0 rings (SSSR count). The molecule has 0 amide bonds. The lowest BCUT2D eigenvalue weighted by Crippen LogP contribution is -2.33. The minimum Gasteiger partial charge on any atom is -0.446 e. The monoisotopic (exact) mass is 203 g/mol. The van der Waals surface area contributed by atoms with Gasteiger partial charge in [0.25, 0.3) is 0 Å². The topological polar surface area (TPSA) is 70.0 Å². The van der Waals surface area contributed by atoms with E-state index in [-0.39, 0.29) is 19.9 Å². The standard InChI is InChI=1S/C9H17NO4/c1-8(2)9(13)14-7-10(3-5-11)4-6-12/h11-12H,1,3-7H2,2H3. The van der Waals surface area contributed by atoms with Gasteiger partial charge in [-0.2, -0.15) is 0 Å². The highest BCUT2D eigenvalue weighted by Gasteiger charge is 2.07. The fourth-order valence-corrected chi connectivity index (χ4v) is 0.797. The van der Waals surface area contributed by atoms with Gasteiger partial charge in [0.2, 0.25) is 0 Å². The molecule has 0 aromatic carbocycles. The summed E-state index contributed by atoms with van der Waals surface area (Å²) in [5.74, 6) is -0.467. The van der Waals surface area contributed by atoms with Crippen molar-refractivity contribution in [1.82, 2.24) is 4.90 Å². The average Bonchev–Trinajstić information content (AvgIpc) is 2.14. The smallest absolute Gasteiger partial charge is 0.334 e. The molecule has 0 aromatic rings. The number of nitrogens with zero attached hydrogens (tertiary/aromatic N) is 1. The summed E-state index contributed by atoms with van der Waals surface area (Å²) < 4.78 is 4.84. The number of aliphatic hydroxyl groups is 2. The second-order valence-corrected chi connectivity index (χ2v) is 2.91. The maximum atomic E-state index is 11.0. The van der Waals surface area contributed by atoms with E-state index in [1.165, 1.54) is 0 Å². The molecule has 5 heteroatoms. The zero-order chi connectivity index (χ0) is 11.0. The third-order valence-corrected chi connectivity index (χ3v) is 1.56. The second kappa shape index (κ2) is 7.49. The Kier molecular flexibility index (Phi) is 7.00. The van der Waals surface area contributed by atoms with Crippen LogP contribution in [0.5, 0.6) is 0 Å². The van der Waals surface area contributed by atoms with E-state index in [0.29, 0.717) is 18.7 Å². The number of carbonyl (C=O) groups excluding carboxylic acids is 1. The molecule has 0 heterocycles. The number of esters is 1. The zero-order valence-corrected chi connectivity index (χ0v) is 8.40. The van der Waals surface area contributed by atoms with Gasteiger partial charge >= 0.3 is 5.97 Å². The SMILES string of the molecule is C=C(C)C(=O)OCN(CCO)CCO. The van der Waals surface area contributed by atoms with Crippen molar-refractivity contribution in [3.05, 3.63) is 12.2 Å². The fraction of sp³-hybridized carbons (Fsp3) is 0.667. The molecule has 0 atom stereocenters. The van der Waals surface area contributed by atoms with Crippen LogP contribution in [0.25, 0.3) is 0 Å². The van der Waals surface area contributed by atoms with Crippen LogP contribution in [0.1, 0.15) is 6.92 Å². The van der Waals surface area contributed by atoms with Crippen LogP contribution in [-0.4, -0.2) is 54.1 Å². The lowest BCUT2D eigenvalue weighted by atomic mass is 10.4. The van der Waals surface area contributed by atoms with Crippen LogP contribution >= 0.6 is 0 Å². The number of carbonyl (C=O) groups is 1. The first-order chi connectivity index (χ1) is 6.61. The Morgan fingerprint density at radius 2 is 1.86 bits per heavy atom. The molecule has 0 spiro atoms. The fourth-order valence-electron chi connectivity index (χ4n) is 0.797. The van der Waals surface area contributed by atoms with Crippen LogP contribution in [0.3, 0.4) is 0 Å². The molecule has 2 N–H and O–H groups in total. The van der Waals surface area contributed by atoms with Crippen molar-refractivity contribution in [2.75, 3.05) is 33.0 Å². The number of aliphatic hydroxyl groups excluding tert-OH is 2. The Hall–Kier alpha value is -0.910. The summed E-state index contributed by atoms with van der Waals surface area (Å²) >= 11 is 0. The van der Waals surface area contributed by atoms with Crippen molar-refractivity contribution in [1.29, 1.82) is 0 Å². The van der Waals surface area contributed by atoms with Gasteiger partial charge in [-0.1, -0.05) is 6.58 Å². The highest BCUT2D eigenvalue weighted by molar-refractivity contribution is 5.86. The van der Waals surface area contributed by atoms with Gasteiger partial charge in [0.05, 0.1) is 13.2 Å². The van der Waals surface area contributed by atoms with E-state index in [2.05, 4.69) is 6.58 Å². The molecule has 0 saturated carbocycles. The first-order valence-corrected chi connectivity index (χ1v) is 4.38. The third kappa shape index (κ3) is 5.69. The van der Waals surface area contributed by atoms with Crippen LogP contribution in [0.15, 0.2) is 12.2 Å². The van der Waals surface area contributed by atoms with Gasteiger partial charge in [-0.25, -0.2) is 4.79 Å². The van der Waals surface area contributed by atoms with Crippen molar-refractivity contribution in [3.63, 3.8) is 0 Å². The van der Waals surface area contributed by atoms with E-state index in [9.17, 15) is 4.79 Å². The van der Waals surface area contributed by atoms with Crippen LogP contribution in [0, 0.1) is 0 Å². The predicted molar refractivity (Wildman–Crippen MR) is 51.5 cm³/mol. The van der Waals surface area contributed by atoms with E-state index in [1.807, 2.05) is 0 Å². The van der Waals surface area contributed by atoms with Crippen molar-refractivity contribution in [2.45, 2.75) is 6.92 Å². The Balaban J connectivity index is 3.80. The summed E-state index contributed by atoms with van der Waals surface area (Å²) in [6.07, 6.45) is 0. The number of ether oxygens (including phenoxy) is 1. The molecule has 0 aliphatic rings. The van der Waals surface area contributed by atoms with E-state index in [0.717, 1.165) is 0 Å². The predicted octanol–water partition coefficient (Wildman–Crippen LogP) is -0.650. The summed E-state index contributed by atoms with van der Waals surface area (Å²) in [6.45, 7) is 5.71. The molecule has 0 aliphatic carbocycles. The molecule has 0 fully saturated rings. The lowest BCUT2D eigenvalue weighted by molar-refractivity contribution is -0.144. The Bertz CT molecular complexity index is 187. The van der Waals surface area contributed by atoms with Gasteiger partial charge < -0.3 is 14.9 Å². The Morgan fingerprint density at radius 1 is 1.36 bits per heavy atom. The minimum atomic E-state index is -0.467. The average molecular weight is 203 g/mol. The summed E-state index contributed by atoms with van der Waals surface area (Å²) in [6, 6.07) is 0. The number of hydrogen-bond acceptors (Lipinski definition) is 5. The summed E-state index contributed by atoms with van der Waals surface area (Å²) in [4.78, 5) is 12.6. The Morgan fingerprint density at radius 3 is 2.21 bits per heavy atom. The molecular formula is C9H17NO4. The quantitative estimate of drug-likeness (QED) is 0.327. The largest absolute Gasteiger partial charge is 0.446 e. The van der Waals surface area contributed by atoms with E-state index in [4.69, 9.17) is 14.9 Å². The number of hydrogen-bond donors (Lipinski definition) is 2. The summed E-state index contributed by atoms with van der Waals surface area (Å²) in [7, 11) is 0. The molecule has 14 heavy (non-hydrogen) atoms. The van der Waals surface area contributed by atoms with Crippen LogP contribution in [0.4, 0.5) is 0 Å². The summed E-state index contributed by atoms with van der Waals surface area (Å²) in [5, 5.41) is 17.3. The van der Waals surface area contributed by atoms with E-state index < -0.39 is 5.97 Å². The minimum absolute atomic E-state index is 0.0371. The molecule has 0 aliphatic heterocycles. The van der Waals surface area contributed by atoms with Gasteiger partial charge in [-0.05, 0) is 6.92 Å². The van der Waals surface area contributed by atoms with Gasteiger partial charge in [0.1, 0.15) is 6.73 Å². The lowest BCUT2D eigenvalue weighted by Gasteiger charge is -2.19. The Labute approximate surface area is 83.6 Å². The van der Waals surface area contributed by atoms with Crippen LogP contribution < -0.4 is 0 Å². The van der Waals surface area contributed by atoms with Crippen LogP contribution in [0.2, 0.25) is 0 Å². The molecule has 5 nitrogen and oxygen atoms in total. The molecule has 0 bridgehead atoms. The van der Waals surface area contributed by atoms with Crippen molar-refractivity contribution in [2.24, 2.45) is 0 Å². The van der Waals surface area contributed by atoms with Gasteiger partial charge in [-0.3, -0.25) is 4.90 Å². The normalized spacial score (nSPS) is 10.3. The highest BCUT2D eigenvalue weighted by atomic mass is 16.5. The van der Waals surface area contributed by atoms with Crippen molar-refractivity contribution < 1.29 is 19.7 Å². The molecule has 0 unspecified atom stereocenters. The maximum absolute atomic E-state index is 11.0. The molecular weight excluding hydrogens is 186 g/mol. The third-order valence-electron chi connectivity index (χ3n) is 1.56. The van der Waals surface area contributed by atoms with Crippen molar-refractivity contribution in [3.8, 4) is 0 Å². The van der Waals surface area contributed by atoms with Crippen LogP contribution in [-0.2, 0) is 9.53 Å². The van der Waals surface area contributed by atoms with E-state index >= 15 is 0 Å². The zero-order valence-electron chi connectivity index (χ0n) is 8.40. The molecule has 0 radical (unpaired) electrons. The maximum Gasteiger partial charge on any atom is 0.334 e. The molecule has 0 saturated heterocycles. The first kappa shape index (κ1) is 13.1. The molecule has 82 valence electrons. The number of rotatable bonds is 7. The first-order valence-electron chi connectivity index (χ1n) is 4.38. The van der Waals surface area contributed by atoms with Crippen molar-refractivity contribution >= 4 is 5.97 Å². The molecule has 0 aromatic heterocycles. The van der Waals surface area contributed by atoms with Gasteiger partial charge in [0.15, 0.2) is 0 Å². The summed E-state index contributed by atoms with van der Waals surface area (Å²) in [5.41, 5.74) is 0.331. The van der Waals surface area contributed by atoms with E-state index in [1.54, 1.807) is 11.8 Å². The second-order valence-electron chi connectivity index (χ2n) is 2.91.